The topological polar surface area (TPSA) is 44.1 Å². The molecule has 24 heavy (non-hydrogen) atoms. The Hall–Kier alpha value is -2.95. The summed E-state index contributed by atoms with van der Waals surface area (Å²) in [6.07, 6.45) is 0. The molecule has 5 heteroatoms. The highest BCUT2D eigenvalue weighted by atomic mass is 19.1. The van der Waals surface area contributed by atoms with Crippen molar-refractivity contribution in [3.63, 3.8) is 0 Å². The molecule has 0 atom stereocenters. The number of rotatable bonds is 4. The summed E-state index contributed by atoms with van der Waals surface area (Å²) in [6.45, 7) is 3.85. The van der Waals surface area contributed by atoms with Gasteiger partial charge in [-0.3, -0.25) is 4.57 Å². The van der Waals surface area contributed by atoms with E-state index in [1.54, 1.807) is 19.1 Å². The second-order valence-electron chi connectivity index (χ2n) is 5.27. The van der Waals surface area contributed by atoms with Crippen LogP contribution in [0.25, 0.3) is 17.1 Å². The highest BCUT2D eigenvalue weighted by Gasteiger charge is 2.22. The van der Waals surface area contributed by atoms with Crippen LogP contribution in [0.15, 0.2) is 54.6 Å². The van der Waals surface area contributed by atoms with Gasteiger partial charge in [-0.05, 0) is 50.2 Å². The molecule has 0 N–H and O–H groups in total. The van der Waals surface area contributed by atoms with Crippen LogP contribution in [-0.4, -0.2) is 22.1 Å². The molecule has 2 aromatic carbocycles. The molecule has 3 aromatic rings. The van der Waals surface area contributed by atoms with Crippen LogP contribution in [-0.2, 0) is 4.74 Å². The maximum atomic E-state index is 13.2. The van der Waals surface area contributed by atoms with Crippen LogP contribution in [0.3, 0.4) is 0 Å². The lowest BCUT2D eigenvalue weighted by Crippen LogP contribution is -2.07. The van der Waals surface area contributed by atoms with Crippen molar-refractivity contribution in [1.29, 1.82) is 0 Å². The summed E-state index contributed by atoms with van der Waals surface area (Å²) in [5.41, 5.74) is 2.54. The van der Waals surface area contributed by atoms with E-state index in [0.717, 1.165) is 11.3 Å². The number of nitrogens with zero attached hydrogens (tertiary/aromatic N) is 2. The predicted molar refractivity (Wildman–Crippen MR) is 89.7 cm³/mol. The maximum absolute atomic E-state index is 13.2. The third-order valence-electron chi connectivity index (χ3n) is 3.69. The van der Waals surface area contributed by atoms with Gasteiger partial charge in [-0.2, -0.15) is 0 Å². The minimum atomic E-state index is -0.465. The summed E-state index contributed by atoms with van der Waals surface area (Å²) < 4.78 is 20.2. The fraction of sp³-hybridized carbons (Fsp3) is 0.158. The number of imidazole rings is 1. The lowest BCUT2D eigenvalue weighted by molar-refractivity contribution is 0.0519. The Bertz CT molecular complexity index is 855. The first-order valence-electron chi connectivity index (χ1n) is 7.69. The summed E-state index contributed by atoms with van der Waals surface area (Å²) in [6, 6.07) is 15.6. The lowest BCUT2D eigenvalue weighted by atomic mass is 10.2. The monoisotopic (exact) mass is 324 g/mol. The third-order valence-corrected chi connectivity index (χ3v) is 3.69. The average Bonchev–Trinajstić information content (AvgIpc) is 2.94. The number of para-hydroxylation sites is 1. The van der Waals surface area contributed by atoms with Crippen LogP contribution in [0.1, 0.15) is 23.1 Å². The fourth-order valence-electron chi connectivity index (χ4n) is 2.58. The molecule has 1 aromatic heterocycles. The first kappa shape index (κ1) is 15.9. The van der Waals surface area contributed by atoms with Gasteiger partial charge in [0.15, 0.2) is 5.69 Å². The number of carbonyl (C=O) groups is 1. The molecule has 1 heterocycles. The van der Waals surface area contributed by atoms with Gasteiger partial charge in [0, 0.05) is 11.3 Å². The van der Waals surface area contributed by atoms with Crippen LogP contribution in [0.5, 0.6) is 0 Å². The molecule has 3 rings (SSSR count). The van der Waals surface area contributed by atoms with Gasteiger partial charge in [-0.25, -0.2) is 14.2 Å². The molecule has 0 fully saturated rings. The van der Waals surface area contributed by atoms with Crippen molar-refractivity contribution in [2.75, 3.05) is 6.61 Å². The second kappa shape index (κ2) is 6.66. The van der Waals surface area contributed by atoms with Gasteiger partial charge in [0.05, 0.1) is 12.3 Å². The van der Waals surface area contributed by atoms with Crippen LogP contribution >= 0.6 is 0 Å². The zero-order chi connectivity index (χ0) is 17.1. The van der Waals surface area contributed by atoms with E-state index < -0.39 is 5.97 Å². The van der Waals surface area contributed by atoms with Gasteiger partial charge >= 0.3 is 5.97 Å². The van der Waals surface area contributed by atoms with E-state index in [1.165, 1.54) is 12.1 Å². The summed E-state index contributed by atoms with van der Waals surface area (Å²) in [4.78, 5) is 16.7. The lowest BCUT2D eigenvalue weighted by Gasteiger charge is -2.10. The first-order chi connectivity index (χ1) is 11.6. The van der Waals surface area contributed by atoms with Crippen molar-refractivity contribution in [1.82, 2.24) is 9.55 Å². The van der Waals surface area contributed by atoms with Gasteiger partial charge in [0.2, 0.25) is 0 Å². The first-order valence-corrected chi connectivity index (χ1v) is 7.69. The van der Waals surface area contributed by atoms with Crippen molar-refractivity contribution in [3.8, 4) is 17.1 Å². The normalized spacial score (nSPS) is 10.6. The van der Waals surface area contributed by atoms with Crippen molar-refractivity contribution >= 4 is 5.97 Å². The summed E-state index contributed by atoms with van der Waals surface area (Å²) in [7, 11) is 0. The second-order valence-corrected chi connectivity index (χ2v) is 5.27. The number of benzene rings is 2. The number of hydrogen-bond acceptors (Lipinski definition) is 3. The Morgan fingerprint density at radius 3 is 2.42 bits per heavy atom. The third kappa shape index (κ3) is 2.93. The van der Waals surface area contributed by atoms with E-state index in [4.69, 9.17) is 4.74 Å². The average molecular weight is 324 g/mol. The fourth-order valence-corrected chi connectivity index (χ4v) is 2.58. The van der Waals surface area contributed by atoms with Crippen molar-refractivity contribution in [2.45, 2.75) is 13.8 Å². The molecule has 0 amide bonds. The van der Waals surface area contributed by atoms with Gasteiger partial charge in [-0.1, -0.05) is 18.2 Å². The van der Waals surface area contributed by atoms with Crippen molar-refractivity contribution in [3.05, 3.63) is 71.8 Å². The molecule has 0 aliphatic heterocycles. The molecular formula is C19H17FN2O2. The predicted octanol–water partition coefficient (Wildman–Crippen LogP) is 4.16. The molecule has 0 unspecified atom stereocenters. The van der Waals surface area contributed by atoms with E-state index in [1.807, 2.05) is 41.8 Å². The minimum absolute atomic E-state index is 0.264. The van der Waals surface area contributed by atoms with Crippen LogP contribution in [0.2, 0.25) is 0 Å². The minimum Gasteiger partial charge on any atom is -0.461 e. The van der Waals surface area contributed by atoms with Crippen LogP contribution in [0.4, 0.5) is 4.39 Å². The Morgan fingerprint density at radius 1 is 1.12 bits per heavy atom. The molecule has 0 spiro atoms. The van der Waals surface area contributed by atoms with Gasteiger partial charge in [-0.15, -0.1) is 0 Å². The van der Waals surface area contributed by atoms with E-state index in [-0.39, 0.29) is 18.1 Å². The van der Waals surface area contributed by atoms with Gasteiger partial charge in [0.1, 0.15) is 11.6 Å². The van der Waals surface area contributed by atoms with E-state index in [9.17, 15) is 9.18 Å². The quantitative estimate of drug-likeness (QED) is 0.677. The molecule has 122 valence electrons. The van der Waals surface area contributed by atoms with E-state index >= 15 is 0 Å². The van der Waals surface area contributed by atoms with Crippen LogP contribution in [0, 0.1) is 12.7 Å². The highest BCUT2D eigenvalue weighted by Crippen LogP contribution is 2.27. The Labute approximate surface area is 139 Å². The van der Waals surface area contributed by atoms with E-state index in [2.05, 4.69) is 4.98 Å². The summed E-state index contributed by atoms with van der Waals surface area (Å²) in [5.74, 6) is -0.214. The zero-order valence-corrected chi connectivity index (χ0v) is 13.5. The SMILES string of the molecule is CCOC(=O)c1nc(-c2ccc(F)cc2)n(-c2ccccc2)c1C. The highest BCUT2D eigenvalue weighted by molar-refractivity contribution is 5.90. The summed E-state index contributed by atoms with van der Waals surface area (Å²) >= 11 is 0. The number of halogens is 1. The molecule has 0 radical (unpaired) electrons. The molecule has 4 nitrogen and oxygen atoms in total. The molecule has 0 aliphatic rings. The van der Waals surface area contributed by atoms with Crippen LogP contribution < -0.4 is 0 Å². The molecule has 0 aliphatic carbocycles. The number of aromatic nitrogens is 2. The Morgan fingerprint density at radius 2 is 1.79 bits per heavy atom. The maximum Gasteiger partial charge on any atom is 0.358 e. The smallest absolute Gasteiger partial charge is 0.358 e. The largest absolute Gasteiger partial charge is 0.461 e. The standard InChI is InChI=1S/C19H17FN2O2/c1-3-24-19(23)17-13(2)22(16-7-5-4-6-8-16)18(21-17)14-9-11-15(20)12-10-14/h4-12H,3H2,1-2H3. The number of carbonyl (C=O) groups excluding carboxylic acids is 1. The van der Waals surface area contributed by atoms with E-state index in [0.29, 0.717) is 11.5 Å². The zero-order valence-electron chi connectivity index (χ0n) is 13.5. The number of esters is 1. The summed E-state index contributed by atoms with van der Waals surface area (Å²) in [5, 5.41) is 0. The molecule has 0 bridgehead atoms. The molecular weight excluding hydrogens is 307 g/mol. The Kier molecular flexibility index (Phi) is 4.42. The van der Waals surface area contributed by atoms with Gasteiger partial charge in [0.25, 0.3) is 0 Å². The Balaban J connectivity index is 2.21. The van der Waals surface area contributed by atoms with Gasteiger partial charge < -0.3 is 4.74 Å². The number of ether oxygens (including phenoxy) is 1. The van der Waals surface area contributed by atoms with Crippen molar-refractivity contribution < 1.29 is 13.9 Å². The molecule has 0 saturated heterocycles. The van der Waals surface area contributed by atoms with Crippen molar-refractivity contribution in [2.24, 2.45) is 0 Å². The molecule has 0 saturated carbocycles. The number of hydrogen-bond donors (Lipinski definition) is 0.